The van der Waals surface area contributed by atoms with Crippen LogP contribution in [-0.4, -0.2) is 104 Å². The number of benzene rings is 4. The summed E-state index contributed by atoms with van der Waals surface area (Å²) in [6.07, 6.45) is 2.80. The second kappa shape index (κ2) is 27.9. The zero-order valence-corrected chi connectivity index (χ0v) is 45.6. The molecule has 4 aromatic carbocycles. The number of nitrogens with zero attached hydrogens (tertiary/aromatic N) is 2. The number of carboxylic acid groups (broad SMARTS) is 2. The Labute approximate surface area is 445 Å². The number of sulfonamides is 2. The minimum atomic E-state index is -4.09. The van der Waals surface area contributed by atoms with Crippen molar-refractivity contribution in [2.24, 2.45) is 0 Å². The van der Waals surface area contributed by atoms with E-state index in [2.05, 4.69) is 44.9 Å². The van der Waals surface area contributed by atoms with Gasteiger partial charge in [-0.3, -0.25) is 9.59 Å². The molecule has 0 radical (unpaired) electrons. The van der Waals surface area contributed by atoms with Crippen LogP contribution in [0.5, 0.6) is 0 Å². The molecular formula is C51H63IN8O10S2Sn. The zero-order chi connectivity index (χ0) is 51.9. The fraction of sp³-hybridized carbons (Fsp3) is 0.255. The van der Waals surface area contributed by atoms with E-state index in [1.165, 1.54) is 24.3 Å². The average molecular weight is 1260 g/mol. The first-order valence-corrected chi connectivity index (χ1v) is 36.1. The zero-order valence-electron chi connectivity index (χ0n) is 39.0. The Morgan fingerprint density at radius 1 is 0.548 bits per heavy atom. The van der Waals surface area contributed by atoms with Crippen molar-refractivity contribution >= 4 is 100.0 Å². The summed E-state index contributed by atoms with van der Waals surface area (Å²) in [5.74, 6) is -2.88. The number of hydrogen-bond donors (Lipinski definition) is 8. The van der Waals surface area contributed by atoms with Crippen LogP contribution < -0.4 is 35.1 Å². The average Bonchev–Trinajstić information content (AvgIpc) is 3.33. The summed E-state index contributed by atoms with van der Waals surface area (Å²) in [7, 11) is -8.16. The maximum absolute atomic E-state index is 12.8. The molecule has 0 aliphatic rings. The number of carbonyl (C=O) groups is 4. The summed E-state index contributed by atoms with van der Waals surface area (Å²) < 4.78 is 56.8. The first-order chi connectivity index (χ1) is 33.5. The standard InChI is InChI=1S/C23H23IN4O5S.C23H23N4O5S.2CH4.3CH3.Sn/c24-17-9-12-19(13-10-17)34(32,33)28-20(23(30)31)14-26-22(29)16-7-4-15(5-8-16)6-11-18-2-1-3-21(25)27-18;24-21-8-4-5-18(26-21)14-11-16-9-12-17(13-10-16)22(28)25-15-20(23(29)30)27-33(31,32)19-6-2-1-3-7-19;;;;;;/h1-5,7-10,12-13,20,28H,6,11,14H2,(H2,25,27)(H,26,29)(H,30,31);2-10,12-13,20,27H,11,14-15H2,(H2,24,26)(H,25,28)(H,29,30);2*1H4;3*1H3;/t2*20-;;;;;;/m00....../s1. The summed E-state index contributed by atoms with van der Waals surface area (Å²) in [4.78, 5) is 63.4. The summed E-state index contributed by atoms with van der Waals surface area (Å²) in [5.41, 5.74) is 15.8. The topological polar surface area (TPSA) is 303 Å². The summed E-state index contributed by atoms with van der Waals surface area (Å²) in [5, 5.41) is 23.9. The molecule has 0 aliphatic heterocycles. The summed E-state index contributed by atoms with van der Waals surface area (Å²) in [6.45, 7) is -0.826. The molecule has 0 aliphatic carbocycles. The summed E-state index contributed by atoms with van der Waals surface area (Å²) in [6, 6.07) is 34.1. The van der Waals surface area contributed by atoms with Crippen LogP contribution in [0.2, 0.25) is 14.8 Å². The van der Waals surface area contributed by atoms with E-state index in [0.717, 1.165) is 29.7 Å². The van der Waals surface area contributed by atoms with Gasteiger partial charge in [0.1, 0.15) is 17.7 Å². The van der Waals surface area contributed by atoms with Gasteiger partial charge in [-0.25, -0.2) is 18.4 Å². The van der Waals surface area contributed by atoms with Gasteiger partial charge in [0.15, 0.2) is 0 Å². The number of hydrogen-bond acceptors (Lipinski definition) is 12. The van der Waals surface area contributed by atoms with Crippen molar-refractivity contribution < 1.29 is 46.2 Å². The third-order valence-electron chi connectivity index (χ3n) is 10.7. The van der Waals surface area contributed by atoms with E-state index in [0.29, 0.717) is 48.4 Å². The van der Waals surface area contributed by atoms with Crippen molar-refractivity contribution in [3.8, 4) is 0 Å². The molecule has 2 aromatic heterocycles. The molecule has 0 saturated carbocycles. The molecule has 0 fully saturated rings. The van der Waals surface area contributed by atoms with E-state index in [1.807, 2.05) is 59.0 Å². The molecular weight excluding hydrogens is 1190 g/mol. The molecule has 2 atom stereocenters. The molecule has 390 valence electrons. The van der Waals surface area contributed by atoms with Crippen molar-refractivity contribution in [1.29, 1.82) is 0 Å². The number of amides is 2. The van der Waals surface area contributed by atoms with Crippen LogP contribution in [0.1, 0.15) is 58.1 Å². The quantitative estimate of drug-likeness (QED) is 0.0320. The van der Waals surface area contributed by atoms with Gasteiger partial charge in [-0.2, -0.15) is 4.72 Å². The van der Waals surface area contributed by atoms with Gasteiger partial charge in [-0.05, 0) is 120 Å². The Morgan fingerprint density at radius 3 is 1.23 bits per heavy atom. The van der Waals surface area contributed by atoms with Crippen LogP contribution in [0.4, 0.5) is 11.6 Å². The Morgan fingerprint density at radius 2 is 0.904 bits per heavy atom. The number of carboxylic acids is 2. The van der Waals surface area contributed by atoms with E-state index in [-0.39, 0.29) is 24.6 Å². The molecule has 2 amide bonds. The number of rotatable bonds is 21. The van der Waals surface area contributed by atoms with Gasteiger partial charge in [0, 0.05) is 27.1 Å². The van der Waals surface area contributed by atoms with Crippen LogP contribution in [0.25, 0.3) is 0 Å². The van der Waals surface area contributed by atoms with E-state index >= 15 is 0 Å². The molecule has 0 unspecified atom stereocenters. The van der Waals surface area contributed by atoms with Crippen molar-refractivity contribution in [3.63, 3.8) is 0 Å². The van der Waals surface area contributed by atoms with Gasteiger partial charge in [0.2, 0.25) is 10.0 Å². The van der Waals surface area contributed by atoms with Gasteiger partial charge in [0.25, 0.3) is 5.91 Å². The van der Waals surface area contributed by atoms with Crippen LogP contribution >= 0.6 is 22.6 Å². The van der Waals surface area contributed by atoms with Gasteiger partial charge in [-0.1, -0.05) is 51.3 Å². The van der Waals surface area contributed by atoms with Crippen LogP contribution in [0.3, 0.4) is 0 Å². The number of halogens is 1. The monoisotopic (exact) mass is 1260 g/mol. The molecule has 6 aromatic rings. The van der Waals surface area contributed by atoms with Gasteiger partial charge < -0.3 is 21.9 Å². The van der Waals surface area contributed by atoms with Crippen LogP contribution in [0.15, 0.2) is 143 Å². The van der Waals surface area contributed by atoms with Gasteiger partial charge >= 0.3 is 157 Å². The Balaban J connectivity index is 0.000000376. The normalized spacial score (nSPS) is 12.1. The van der Waals surface area contributed by atoms with Crippen molar-refractivity contribution in [2.45, 2.75) is 77.2 Å². The molecule has 18 nitrogen and oxygen atoms in total. The molecule has 6 rings (SSSR count). The molecule has 0 bridgehead atoms. The minimum absolute atomic E-state index is 0. The number of nitrogens with two attached hydrogens (primary N) is 2. The van der Waals surface area contributed by atoms with Crippen molar-refractivity contribution in [1.82, 2.24) is 30.0 Å². The number of aryl methyl sites for hydroxylation is 4. The van der Waals surface area contributed by atoms with E-state index < -0.39 is 87.3 Å². The number of nitrogen functional groups attached to an aromatic ring is 2. The fourth-order valence-corrected chi connectivity index (χ4v) is 12.7. The van der Waals surface area contributed by atoms with E-state index in [4.69, 9.17) is 11.5 Å². The van der Waals surface area contributed by atoms with Crippen molar-refractivity contribution in [2.75, 3.05) is 24.6 Å². The number of aromatic nitrogens is 2. The first kappa shape index (κ1) is 61.3. The fourth-order valence-electron chi connectivity index (χ4n) is 6.68. The number of anilines is 2. The Bertz CT molecular complexity index is 3040. The molecule has 10 N–H and O–H groups in total. The molecule has 0 saturated heterocycles. The molecule has 73 heavy (non-hydrogen) atoms. The third-order valence-corrected chi connectivity index (χ3v) is 20.3. The van der Waals surface area contributed by atoms with E-state index in [9.17, 15) is 46.2 Å². The molecule has 2 heterocycles. The Hall–Kier alpha value is -5.99. The van der Waals surface area contributed by atoms with Gasteiger partial charge in [-0.15, -0.1) is 0 Å². The van der Waals surface area contributed by atoms with Crippen LogP contribution in [-0.2, 0) is 55.3 Å². The predicted molar refractivity (Wildman–Crippen MR) is 295 cm³/mol. The predicted octanol–water partition coefficient (Wildman–Crippen LogP) is 5.64. The number of carbonyl (C=O) groups excluding carboxylic acids is 2. The summed E-state index contributed by atoms with van der Waals surface area (Å²) >= 11 is -0.326. The first-order valence-electron chi connectivity index (χ1n) is 22.0. The number of nitrogens with one attached hydrogen (secondary N) is 4. The second-order valence-corrected chi connectivity index (χ2v) is 36.3. The Kier molecular flexibility index (Phi) is 23.4. The molecule has 0 spiro atoms. The second-order valence-electron chi connectivity index (χ2n) is 17.2. The molecule has 22 heteroatoms. The maximum atomic E-state index is 12.8. The van der Waals surface area contributed by atoms with Gasteiger partial charge in [0.05, 0.1) is 4.90 Å². The number of aliphatic carboxylic acids is 2. The van der Waals surface area contributed by atoms with E-state index in [1.54, 1.807) is 72.8 Å². The third kappa shape index (κ3) is 19.4. The SMILES string of the molecule is C.C.Nc1cccc(CCc2ccc(C(=O)NC[C@H](NS(=O)(=O)c3ccc(I)cc3)C(=O)O)cc2)n1.[CH3][Sn]([CH3])([CH3])[c]1ccc(S(=O)(=O)N[C@@H](CNC(=O)c2ccc(CCc3cccc(N)n3)cc2)C(=O)O)cc1. The van der Waals surface area contributed by atoms with Crippen LogP contribution in [0, 0.1) is 3.57 Å². The number of pyridine rings is 2. The van der Waals surface area contributed by atoms with Crippen molar-refractivity contribution in [3.05, 3.63) is 171 Å².